The van der Waals surface area contributed by atoms with Crippen molar-refractivity contribution in [2.45, 2.75) is 13.5 Å². The van der Waals surface area contributed by atoms with Crippen molar-refractivity contribution in [2.75, 3.05) is 12.4 Å². The van der Waals surface area contributed by atoms with Crippen LogP contribution in [0.2, 0.25) is 5.02 Å². The van der Waals surface area contributed by atoms with Crippen LogP contribution in [0.1, 0.15) is 11.3 Å². The fourth-order valence-electron chi connectivity index (χ4n) is 1.80. The second kappa shape index (κ2) is 8.10. The van der Waals surface area contributed by atoms with Crippen molar-refractivity contribution in [3.8, 4) is 5.88 Å². The Balaban J connectivity index is 1.97. The van der Waals surface area contributed by atoms with Crippen molar-refractivity contribution < 1.29 is 17.9 Å². The first-order chi connectivity index (χ1) is 11.8. The maximum atomic E-state index is 11.9. The van der Waals surface area contributed by atoms with Crippen LogP contribution in [0, 0.1) is 6.92 Å². The monoisotopic (exact) mass is 385 g/mol. The van der Waals surface area contributed by atoms with Crippen molar-refractivity contribution in [3.05, 3.63) is 46.6 Å². The van der Waals surface area contributed by atoms with E-state index < -0.39 is 16.2 Å². The second-order valence-electron chi connectivity index (χ2n) is 4.85. The zero-order chi connectivity index (χ0) is 18.4. The molecule has 1 aromatic heterocycles. The van der Waals surface area contributed by atoms with Gasteiger partial charge in [0, 0.05) is 23.3 Å². The van der Waals surface area contributed by atoms with Gasteiger partial charge < -0.3 is 4.74 Å². The summed E-state index contributed by atoms with van der Waals surface area (Å²) in [7, 11) is -2.69. The number of hydrogen-bond acceptors (Lipinski definition) is 6. The number of carbonyl (C=O) groups excluding carboxylic acids is 1. The Morgan fingerprint density at radius 3 is 2.68 bits per heavy atom. The van der Waals surface area contributed by atoms with Crippen molar-refractivity contribution in [3.63, 3.8) is 0 Å². The highest BCUT2D eigenvalue weighted by Gasteiger charge is 2.16. The lowest BCUT2D eigenvalue weighted by Gasteiger charge is -2.10. The Bertz CT molecular complexity index is 875. The van der Waals surface area contributed by atoms with Crippen LogP contribution in [0.4, 0.5) is 10.7 Å². The van der Waals surface area contributed by atoms with Gasteiger partial charge in [0.05, 0.1) is 7.11 Å². The second-order valence-corrected chi connectivity index (χ2v) is 6.75. The van der Waals surface area contributed by atoms with Crippen molar-refractivity contribution in [1.82, 2.24) is 19.4 Å². The minimum atomic E-state index is -4.10. The van der Waals surface area contributed by atoms with Crippen molar-refractivity contribution >= 4 is 33.8 Å². The lowest BCUT2D eigenvalue weighted by Crippen LogP contribution is -2.42. The number of ether oxygens (including phenoxy) is 1. The normalized spacial score (nSPS) is 11.0. The first-order valence-electron chi connectivity index (χ1n) is 7.00. The van der Waals surface area contributed by atoms with Gasteiger partial charge in [-0.1, -0.05) is 29.8 Å². The molecule has 25 heavy (non-hydrogen) atoms. The number of urea groups is 1. The Kier molecular flexibility index (Phi) is 6.12. The van der Waals surface area contributed by atoms with E-state index >= 15 is 0 Å². The number of aromatic nitrogens is 2. The Hall–Kier alpha value is -2.43. The fraction of sp³-hybridized carbons (Fsp3) is 0.214. The fourth-order valence-corrected chi connectivity index (χ4v) is 2.72. The number of rotatable bonds is 6. The summed E-state index contributed by atoms with van der Waals surface area (Å²) < 4.78 is 32.8. The number of carbonyl (C=O) groups is 1. The molecule has 2 rings (SSSR count). The molecule has 2 aromatic rings. The number of nitrogens with zero attached hydrogens (tertiary/aromatic N) is 2. The number of halogens is 1. The standard InChI is InChI=1S/C14H16ClN5O4S/c1-9-7-12(24-2)18-13(17-9)19-14(21)20-25(22,23)16-8-10-5-3-4-6-11(10)15/h3-7,16H,8H2,1-2H3,(H2,17,18,19,20,21). The van der Waals surface area contributed by atoms with E-state index in [1.54, 1.807) is 42.0 Å². The highest BCUT2D eigenvalue weighted by atomic mass is 35.5. The van der Waals surface area contributed by atoms with E-state index in [4.69, 9.17) is 16.3 Å². The lowest BCUT2D eigenvalue weighted by molar-refractivity contribution is 0.256. The van der Waals surface area contributed by atoms with Crippen LogP contribution in [0.15, 0.2) is 30.3 Å². The van der Waals surface area contributed by atoms with Gasteiger partial charge in [-0.3, -0.25) is 5.32 Å². The van der Waals surface area contributed by atoms with Crippen LogP contribution in [0.3, 0.4) is 0 Å². The molecule has 0 aliphatic rings. The zero-order valence-electron chi connectivity index (χ0n) is 13.4. The SMILES string of the molecule is COc1cc(C)nc(NC(=O)NS(=O)(=O)NCc2ccccc2Cl)n1. The number of hydrogen-bond donors (Lipinski definition) is 3. The molecule has 0 radical (unpaired) electrons. The minimum Gasteiger partial charge on any atom is -0.481 e. The van der Waals surface area contributed by atoms with E-state index in [-0.39, 0.29) is 18.4 Å². The van der Waals surface area contributed by atoms with E-state index in [2.05, 4.69) is 20.0 Å². The van der Waals surface area contributed by atoms with Crippen molar-refractivity contribution in [2.24, 2.45) is 0 Å². The van der Waals surface area contributed by atoms with E-state index in [1.807, 2.05) is 0 Å². The van der Waals surface area contributed by atoms with E-state index in [1.165, 1.54) is 7.11 Å². The number of nitrogens with one attached hydrogen (secondary N) is 3. The van der Waals surface area contributed by atoms with E-state index in [9.17, 15) is 13.2 Å². The van der Waals surface area contributed by atoms with Crippen LogP contribution in [0.5, 0.6) is 5.88 Å². The molecule has 0 saturated carbocycles. The molecule has 0 saturated heterocycles. The van der Waals surface area contributed by atoms with Crippen LogP contribution < -0.4 is 19.5 Å². The third-order valence-corrected chi connectivity index (χ3v) is 4.25. The topological polar surface area (TPSA) is 122 Å². The molecular weight excluding hydrogens is 370 g/mol. The molecule has 9 nitrogen and oxygen atoms in total. The van der Waals surface area contributed by atoms with Gasteiger partial charge in [0.1, 0.15) is 0 Å². The van der Waals surface area contributed by atoms with Gasteiger partial charge in [-0.2, -0.15) is 18.1 Å². The average molecular weight is 386 g/mol. The summed E-state index contributed by atoms with van der Waals surface area (Å²) >= 11 is 5.95. The molecule has 11 heteroatoms. The molecule has 0 aliphatic heterocycles. The van der Waals surface area contributed by atoms with Gasteiger partial charge in [0.25, 0.3) is 0 Å². The number of methoxy groups -OCH3 is 1. The van der Waals surface area contributed by atoms with Gasteiger partial charge in [-0.15, -0.1) is 0 Å². The molecular formula is C14H16ClN5O4S. The quantitative estimate of drug-likeness (QED) is 0.694. The van der Waals surface area contributed by atoms with E-state index in [0.29, 0.717) is 16.3 Å². The first-order valence-corrected chi connectivity index (χ1v) is 8.86. The molecule has 134 valence electrons. The summed E-state index contributed by atoms with van der Waals surface area (Å²) in [5, 5.41) is 2.64. The highest BCUT2D eigenvalue weighted by Crippen LogP contribution is 2.14. The average Bonchev–Trinajstić information content (AvgIpc) is 2.52. The summed E-state index contributed by atoms with van der Waals surface area (Å²) in [6, 6.07) is 7.29. The number of anilines is 1. The van der Waals surface area contributed by atoms with Crippen LogP contribution in [-0.2, 0) is 16.8 Å². The molecule has 2 amide bonds. The predicted molar refractivity (Wildman–Crippen MR) is 92.7 cm³/mol. The summed E-state index contributed by atoms with van der Waals surface area (Å²) in [5.41, 5.74) is 1.11. The Morgan fingerprint density at radius 2 is 2.00 bits per heavy atom. The van der Waals surface area contributed by atoms with Gasteiger partial charge >= 0.3 is 16.2 Å². The van der Waals surface area contributed by atoms with Gasteiger partial charge in [-0.25, -0.2) is 14.5 Å². The van der Waals surface area contributed by atoms with Gasteiger partial charge in [-0.05, 0) is 18.6 Å². The molecule has 0 spiro atoms. The lowest BCUT2D eigenvalue weighted by atomic mass is 10.2. The Labute approximate surface area is 150 Å². The first kappa shape index (κ1) is 18.9. The zero-order valence-corrected chi connectivity index (χ0v) is 15.0. The van der Waals surface area contributed by atoms with Gasteiger partial charge in [0.15, 0.2) is 0 Å². The molecule has 1 heterocycles. The maximum Gasteiger partial charge on any atom is 0.336 e. The molecule has 0 atom stereocenters. The molecule has 1 aromatic carbocycles. The molecule has 0 fully saturated rings. The van der Waals surface area contributed by atoms with E-state index in [0.717, 1.165) is 0 Å². The molecule has 0 aliphatic carbocycles. The maximum absolute atomic E-state index is 11.9. The number of amides is 2. The summed E-state index contributed by atoms with van der Waals surface area (Å²) in [5.74, 6) is 0.151. The largest absolute Gasteiger partial charge is 0.481 e. The highest BCUT2D eigenvalue weighted by molar-refractivity contribution is 7.88. The third-order valence-electron chi connectivity index (χ3n) is 2.90. The minimum absolute atomic E-state index is 0.0724. The Morgan fingerprint density at radius 1 is 1.28 bits per heavy atom. The molecule has 0 bridgehead atoms. The summed E-state index contributed by atoms with van der Waals surface area (Å²) in [6.45, 7) is 1.60. The summed E-state index contributed by atoms with van der Waals surface area (Å²) in [6.07, 6.45) is 0. The molecule has 3 N–H and O–H groups in total. The van der Waals surface area contributed by atoms with Crippen LogP contribution >= 0.6 is 11.6 Å². The summed E-state index contributed by atoms with van der Waals surface area (Å²) in [4.78, 5) is 19.7. The smallest absolute Gasteiger partial charge is 0.336 e. The predicted octanol–water partition coefficient (Wildman–Crippen LogP) is 1.60. The molecule has 0 unspecified atom stereocenters. The third kappa shape index (κ3) is 5.85. The van der Waals surface area contributed by atoms with Crippen LogP contribution in [-0.4, -0.2) is 31.5 Å². The van der Waals surface area contributed by atoms with Crippen molar-refractivity contribution in [1.29, 1.82) is 0 Å². The van der Waals surface area contributed by atoms with Gasteiger partial charge in [0.2, 0.25) is 11.8 Å². The number of aryl methyl sites for hydroxylation is 1. The number of benzene rings is 1. The van der Waals surface area contributed by atoms with Crippen LogP contribution in [0.25, 0.3) is 0 Å².